The van der Waals surface area contributed by atoms with Gasteiger partial charge in [0, 0.05) is 32.6 Å². The molecule has 0 radical (unpaired) electrons. The van der Waals surface area contributed by atoms with Gasteiger partial charge in [-0.3, -0.25) is 4.79 Å². The number of nitrogens with zero attached hydrogens (tertiary/aromatic N) is 1. The molecule has 3 rings (SSSR count). The number of aromatic nitrogens is 1. The molecule has 0 unspecified atom stereocenters. The molecule has 0 fully saturated rings. The van der Waals surface area contributed by atoms with Crippen molar-refractivity contribution in [2.45, 2.75) is 24.9 Å². The van der Waals surface area contributed by atoms with Crippen LogP contribution in [0.25, 0.3) is 5.69 Å². The Morgan fingerprint density at radius 2 is 1.75 bits per heavy atom. The van der Waals surface area contributed by atoms with Gasteiger partial charge >= 0.3 is 6.18 Å². The van der Waals surface area contributed by atoms with E-state index in [0.29, 0.717) is 27.7 Å². The van der Waals surface area contributed by atoms with Crippen molar-refractivity contribution in [1.82, 2.24) is 4.57 Å². The molecule has 28 heavy (non-hydrogen) atoms. The third kappa shape index (κ3) is 4.45. The second-order valence-corrected chi connectivity index (χ2v) is 7.82. The Kier molecular flexibility index (Phi) is 5.91. The first-order chi connectivity index (χ1) is 13.2. The van der Waals surface area contributed by atoms with Gasteiger partial charge in [-0.05, 0) is 62.4 Å². The predicted octanol–water partition coefficient (Wildman–Crippen LogP) is 6.74. The van der Waals surface area contributed by atoms with Gasteiger partial charge in [0.05, 0.1) is 11.3 Å². The number of Topliss-reactive ketones (excluding diaryl/α,β-unsaturated/α-hetero) is 1. The third-order valence-corrected chi connectivity index (χ3v) is 5.61. The largest absolute Gasteiger partial charge is 0.416 e. The number of carbonyl (C=O) groups excluding carboxylic acids is 1. The SMILES string of the molecule is Cc1cc(C(=O)CSc2ccc(Cl)cc2)c(C)n1-c1cccc(C(F)(F)F)c1. The molecule has 2 nitrogen and oxygen atoms in total. The average molecular weight is 424 g/mol. The van der Waals surface area contributed by atoms with E-state index < -0.39 is 11.7 Å². The molecule has 3 aromatic rings. The van der Waals surface area contributed by atoms with Crippen molar-refractivity contribution >= 4 is 29.1 Å². The molecule has 2 aromatic carbocycles. The van der Waals surface area contributed by atoms with Gasteiger partial charge in [-0.25, -0.2) is 0 Å². The summed E-state index contributed by atoms with van der Waals surface area (Å²) < 4.78 is 40.8. The van der Waals surface area contributed by atoms with E-state index in [1.54, 1.807) is 42.7 Å². The molecule has 1 heterocycles. The van der Waals surface area contributed by atoms with Crippen LogP contribution in [-0.2, 0) is 6.18 Å². The smallest absolute Gasteiger partial charge is 0.318 e. The lowest BCUT2D eigenvalue weighted by Crippen LogP contribution is -2.08. The summed E-state index contributed by atoms with van der Waals surface area (Å²) in [5.74, 6) is 0.153. The van der Waals surface area contributed by atoms with Gasteiger partial charge in [0.2, 0.25) is 0 Å². The first-order valence-corrected chi connectivity index (χ1v) is 9.81. The first-order valence-electron chi connectivity index (χ1n) is 8.45. The second-order valence-electron chi connectivity index (χ2n) is 6.33. The molecule has 0 amide bonds. The van der Waals surface area contributed by atoms with Crippen LogP contribution in [0.1, 0.15) is 27.3 Å². The summed E-state index contributed by atoms with van der Waals surface area (Å²) in [6.45, 7) is 3.52. The molecule has 0 N–H and O–H groups in total. The number of ketones is 1. The van der Waals surface area contributed by atoms with Gasteiger partial charge in [0.1, 0.15) is 0 Å². The lowest BCUT2D eigenvalue weighted by Gasteiger charge is -2.13. The zero-order valence-corrected chi connectivity index (χ0v) is 16.8. The molecule has 0 bridgehead atoms. The first kappa shape index (κ1) is 20.6. The summed E-state index contributed by atoms with van der Waals surface area (Å²) >= 11 is 7.25. The molecular formula is C21H17ClF3NOS. The van der Waals surface area contributed by atoms with Crippen molar-refractivity contribution in [2.24, 2.45) is 0 Å². The monoisotopic (exact) mass is 423 g/mol. The third-order valence-electron chi connectivity index (χ3n) is 4.35. The van der Waals surface area contributed by atoms with Gasteiger partial charge in [-0.2, -0.15) is 13.2 Å². The minimum atomic E-state index is -4.42. The number of benzene rings is 2. The highest BCUT2D eigenvalue weighted by Gasteiger charge is 2.30. The van der Waals surface area contributed by atoms with Crippen LogP contribution < -0.4 is 0 Å². The Morgan fingerprint density at radius 3 is 2.39 bits per heavy atom. The highest BCUT2D eigenvalue weighted by Crippen LogP contribution is 2.32. The summed E-state index contributed by atoms with van der Waals surface area (Å²) in [6, 6.07) is 14.0. The van der Waals surface area contributed by atoms with Crippen LogP contribution in [0.4, 0.5) is 13.2 Å². The number of aryl methyl sites for hydroxylation is 1. The quantitative estimate of drug-likeness (QED) is 0.335. The van der Waals surface area contributed by atoms with E-state index in [2.05, 4.69) is 0 Å². The van der Waals surface area contributed by atoms with E-state index in [0.717, 1.165) is 17.0 Å². The average Bonchev–Trinajstić information content (AvgIpc) is 2.95. The van der Waals surface area contributed by atoms with E-state index in [1.165, 1.54) is 17.8 Å². The maximum Gasteiger partial charge on any atom is 0.416 e. The van der Waals surface area contributed by atoms with E-state index in [-0.39, 0.29) is 11.5 Å². The molecule has 0 saturated heterocycles. The normalized spacial score (nSPS) is 11.6. The predicted molar refractivity (Wildman–Crippen MR) is 107 cm³/mol. The topological polar surface area (TPSA) is 22.0 Å². The van der Waals surface area contributed by atoms with Gasteiger partial charge in [-0.15, -0.1) is 11.8 Å². The molecule has 0 spiro atoms. The van der Waals surface area contributed by atoms with Crippen molar-refractivity contribution in [2.75, 3.05) is 5.75 Å². The summed E-state index contributed by atoms with van der Waals surface area (Å²) in [7, 11) is 0. The number of thioether (sulfide) groups is 1. The van der Waals surface area contributed by atoms with E-state index >= 15 is 0 Å². The summed E-state index contributed by atoms with van der Waals surface area (Å²) in [4.78, 5) is 13.6. The number of rotatable bonds is 5. The van der Waals surface area contributed by atoms with Crippen molar-refractivity contribution < 1.29 is 18.0 Å². The summed E-state index contributed by atoms with van der Waals surface area (Å²) in [5.41, 5.74) is 1.50. The summed E-state index contributed by atoms with van der Waals surface area (Å²) in [6.07, 6.45) is -4.42. The molecule has 7 heteroatoms. The van der Waals surface area contributed by atoms with Crippen LogP contribution in [0.2, 0.25) is 5.02 Å². The lowest BCUT2D eigenvalue weighted by atomic mass is 10.1. The number of hydrogen-bond donors (Lipinski definition) is 0. The lowest BCUT2D eigenvalue weighted by molar-refractivity contribution is -0.137. The van der Waals surface area contributed by atoms with Gasteiger partial charge in [0.25, 0.3) is 0 Å². The van der Waals surface area contributed by atoms with Crippen molar-refractivity contribution in [1.29, 1.82) is 0 Å². The fraction of sp³-hybridized carbons (Fsp3) is 0.190. The van der Waals surface area contributed by atoms with Crippen LogP contribution in [0, 0.1) is 13.8 Å². The molecule has 1 aromatic heterocycles. The molecule has 0 atom stereocenters. The van der Waals surface area contributed by atoms with Gasteiger partial charge in [0.15, 0.2) is 5.78 Å². The fourth-order valence-corrected chi connectivity index (χ4v) is 3.93. The van der Waals surface area contributed by atoms with Crippen LogP contribution in [0.5, 0.6) is 0 Å². The zero-order valence-electron chi connectivity index (χ0n) is 15.2. The highest BCUT2D eigenvalue weighted by molar-refractivity contribution is 8.00. The maximum atomic E-state index is 13.0. The van der Waals surface area contributed by atoms with E-state index in [9.17, 15) is 18.0 Å². The van der Waals surface area contributed by atoms with Gasteiger partial charge < -0.3 is 4.57 Å². The molecule has 0 aliphatic rings. The standard InChI is InChI=1S/C21H17ClF3NOS/c1-13-10-19(20(27)12-28-18-8-6-16(22)7-9-18)14(2)26(13)17-5-3-4-15(11-17)21(23,24)25/h3-11H,12H2,1-2H3. The second kappa shape index (κ2) is 8.05. The maximum absolute atomic E-state index is 13.0. The Hall–Kier alpha value is -2.18. The van der Waals surface area contributed by atoms with E-state index in [1.807, 2.05) is 12.1 Å². The summed E-state index contributed by atoms with van der Waals surface area (Å²) in [5, 5.41) is 0.625. The number of alkyl halides is 3. The number of carbonyl (C=O) groups is 1. The van der Waals surface area contributed by atoms with Crippen molar-refractivity contribution in [3.63, 3.8) is 0 Å². The van der Waals surface area contributed by atoms with Crippen LogP contribution in [-0.4, -0.2) is 16.1 Å². The minimum Gasteiger partial charge on any atom is -0.318 e. The van der Waals surface area contributed by atoms with Crippen molar-refractivity contribution in [3.8, 4) is 5.69 Å². The molecule has 146 valence electrons. The molecule has 0 saturated carbocycles. The minimum absolute atomic E-state index is 0.0775. The molecule has 0 aliphatic heterocycles. The Bertz CT molecular complexity index is 1010. The fourth-order valence-electron chi connectivity index (χ4n) is 3.02. The Balaban J connectivity index is 1.85. The Morgan fingerprint density at radius 1 is 1.07 bits per heavy atom. The van der Waals surface area contributed by atoms with Crippen LogP contribution in [0.15, 0.2) is 59.5 Å². The number of halogens is 4. The Labute approximate surface area is 170 Å². The van der Waals surface area contributed by atoms with Crippen molar-refractivity contribution in [3.05, 3.63) is 82.1 Å². The van der Waals surface area contributed by atoms with Crippen LogP contribution >= 0.6 is 23.4 Å². The van der Waals surface area contributed by atoms with E-state index in [4.69, 9.17) is 11.6 Å². The van der Waals surface area contributed by atoms with Gasteiger partial charge in [-0.1, -0.05) is 17.7 Å². The number of hydrogen-bond acceptors (Lipinski definition) is 2. The zero-order chi connectivity index (χ0) is 20.5. The van der Waals surface area contributed by atoms with Crippen LogP contribution in [0.3, 0.4) is 0 Å². The molecule has 0 aliphatic carbocycles. The highest BCUT2D eigenvalue weighted by atomic mass is 35.5. The molecular weight excluding hydrogens is 407 g/mol.